The zero-order valence-electron chi connectivity index (χ0n) is 17.0. The topological polar surface area (TPSA) is 53.8 Å². The van der Waals surface area contributed by atoms with E-state index >= 15 is 0 Å². The van der Waals surface area contributed by atoms with Crippen molar-refractivity contribution in [3.63, 3.8) is 0 Å². The summed E-state index contributed by atoms with van der Waals surface area (Å²) in [5, 5.41) is 4.46. The second kappa shape index (κ2) is 9.31. The number of thioether (sulfide) groups is 1. The number of nitrogens with zero attached hydrogens (tertiary/aromatic N) is 2. The number of hydrogen-bond acceptors (Lipinski definition) is 4. The number of halogens is 3. The molecule has 0 aromatic heterocycles. The Bertz CT molecular complexity index is 1050. The Hall–Kier alpha value is -1.89. The molecule has 31 heavy (non-hydrogen) atoms. The molecule has 1 amide bonds. The number of nitrogens with one attached hydrogen (secondary N) is 1. The van der Waals surface area contributed by atoms with Gasteiger partial charge in [0.05, 0.1) is 21.5 Å². The minimum Gasteiger partial charge on any atom is -0.325 e. The van der Waals surface area contributed by atoms with E-state index in [2.05, 4.69) is 12.2 Å². The van der Waals surface area contributed by atoms with E-state index in [-0.39, 0.29) is 17.5 Å². The van der Waals surface area contributed by atoms with Crippen molar-refractivity contribution in [2.45, 2.75) is 38.3 Å². The Morgan fingerprint density at radius 3 is 2.52 bits per heavy atom. The lowest BCUT2D eigenvalue weighted by Gasteiger charge is -2.30. The predicted octanol–water partition coefficient (Wildman–Crippen LogP) is 6.61. The SMILES string of the molecule is CC1CCC2(CC1)N=C(SCC(=O)Nc1ccc(F)cc1)C(c1ccc(Cl)c(Cl)c1)=N2. The van der Waals surface area contributed by atoms with Gasteiger partial charge in [-0.1, -0.05) is 48.0 Å². The molecule has 2 aliphatic rings. The average molecular weight is 478 g/mol. The highest BCUT2D eigenvalue weighted by molar-refractivity contribution is 8.16. The van der Waals surface area contributed by atoms with Crippen molar-refractivity contribution in [3.8, 4) is 0 Å². The molecule has 1 heterocycles. The number of anilines is 1. The Kier molecular flexibility index (Phi) is 6.70. The quantitative estimate of drug-likeness (QED) is 0.538. The van der Waals surface area contributed by atoms with Gasteiger partial charge in [0.15, 0.2) is 5.66 Å². The molecule has 0 saturated heterocycles. The zero-order chi connectivity index (χ0) is 22.0. The molecule has 1 fully saturated rings. The number of rotatable bonds is 4. The number of carbonyl (C=O) groups excluding carboxylic acids is 1. The van der Waals surface area contributed by atoms with Crippen LogP contribution in [0.4, 0.5) is 10.1 Å². The molecule has 4 nitrogen and oxygen atoms in total. The Labute approximate surface area is 195 Å². The maximum Gasteiger partial charge on any atom is 0.234 e. The summed E-state index contributed by atoms with van der Waals surface area (Å²) in [6.45, 7) is 2.25. The van der Waals surface area contributed by atoms with E-state index in [4.69, 9.17) is 33.2 Å². The first-order valence-corrected chi connectivity index (χ1v) is 11.9. The second-order valence-corrected chi connectivity index (χ2v) is 9.79. The lowest BCUT2D eigenvalue weighted by molar-refractivity contribution is -0.113. The fraction of sp³-hybridized carbons (Fsp3) is 0.348. The minimum absolute atomic E-state index is 0.170. The van der Waals surface area contributed by atoms with Crippen LogP contribution in [0.1, 0.15) is 38.2 Å². The molecule has 1 aliphatic heterocycles. The molecule has 2 aromatic carbocycles. The van der Waals surface area contributed by atoms with Gasteiger partial charge in [0, 0.05) is 11.3 Å². The Balaban J connectivity index is 1.52. The van der Waals surface area contributed by atoms with Crippen LogP contribution in [0.2, 0.25) is 10.0 Å². The first-order chi connectivity index (χ1) is 14.8. The standard InChI is InChI=1S/C23H22Cl2FN3OS/c1-14-8-10-23(11-9-14)28-21(15-2-7-18(24)19(25)12-15)22(29-23)31-13-20(30)27-17-5-3-16(26)4-6-17/h2-7,12,14H,8-11,13H2,1H3,(H,27,30). The van der Waals surface area contributed by atoms with Crippen molar-refractivity contribution >= 4 is 57.3 Å². The third-order valence-corrected chi connectivity index (χ3v) is 7.27. The van der Waals surface area contributed by atoms with Crippen molar-refractivity contribution in [2.24, 2.45) is 15.9 Å². The van der Waals surface area contributed by atoms with E-state index in [1.807, 2.05) is 6.07 Å². The molecule has 1 N–H and O–H groups in total. The van der Waals surface area contributed by atoms with E-state index in [1.165, 1.54) is 36.0 Å². The van der Waals surface area contributed by atoms with Crippen LogP contribution in [0.25, 0.3) is 0 Å². The van der Waals surface area contributed by atoms with Gasteiger partial charge in [-0.05, 0) is 68.0 Å². The molecule has 1 saturated carbocycles. The number of hydrogen-bond donors (Lipinski definition) is 1. The third kappa shape index (κ3) is 5.30. The fourth-order valence-corrected chi connectivity index (χ4v) is 4.94. The van der Waals surface area contributed by atoms with Gasteiger partial charge >= 0.3 is 0 Å². The highest BCUT2D eigenvalue weighted by Gasteiger charge is 2.39. The van der Waals surface area contributed by atoms with Crippen molar-refractivity contribution in [2.75, 3.05) is 11.1 Å². The first kappa shape index (κ1) is 22.3. The fourth-order valence-electron chi connectivity index (χ4n) is 3.77. The van der Waals surface area contributed by atoms with Crippen LogP contribution in [0, 0.1) is 11.7 Å². The van der Waals surface area contributed by atoms with E-state index in [0.717, 1.165) is 42.0 Å². The average Bonchev–Trinajstić information content (AvgIpc) is 3.11. The Morgan fingerprint density at radius 2 is 1.84 bits per heavy atom. The summed E-state index contributed by atoms with van der Waals surface area (Å²) in [5.74, 6) is 0.305. The number of aliphatic imine (C=N–C) groups is 2. The zero-order valence-corrected chi connectivity index (χ0v) is 19.3. The summed E-state index contributed by atoms with van der Waals surface area (Å²) in [7, 11) is 0. The summed E-state index contributed by atoms with van der Waals surface area (Å²) in [6.07, 6.45) is 3.94. The smallest absolute Gasteiger partial charge is 0.234 e. The molecule has 0 atom stereocenters. The highest BCUT2D eigenvalue weighted by atomic mass is 35.5. The first-order valence-electron chi connectivity index (χ1n) is 10.2. The maximum atomic E-state index is 13.1. The third-order valence-electron chi connectivity index (χ3n) is 5.57. The summed E-state index contributed by atoms with van der Waals surface area (Å²) >= 11 is 13.7. The molecule has 2 aromatic rings. The van der Waals surface area contributed by atoms with Crippen LogP contribution < -0.4 is 5.32 Å². The molecule has 0 unspecified atom stereocenters. The lowest BCUT2D eigenvalue weighted by atomic mass is 9.83. The molecular formula is C23H22Cl2FN3OS. The van der Waals surface area contributed by atoms with Crippen LogP contribution in [0.5, 0.6) is 0 Å². The molecule has 0 radical (unpaired) electrons. The van der Waals surface area contributed by atoms with Gasteiger partial charge in [0.25, 0.3) is 0 Å². The van der Waals surface area contributed by atoms with Crippen LogP contribution >= 0.6 is 35.0 Å². The van der Waals surface area contributed by atoms with E-state index in [9.17, 15) is 9.18 Å². The predicted molar refractivity (Wildman–Crippen MR) is 128 cm³/mol. The van der Waals surface area contributed by atoms with Gasteiger partial charge in [-0.15, -0.1) is 0 Å². The van der Waals surface area contributed by atoms with Crippen LogP contribution in [-0.2, 0) is 4.79 Å². The number of amides is 1. The molecular weight excluding hydrogens is 456 g/mol. The normalized spacial score (nSPS) is 22.9. The van der Waals surface area contributed by atoms with Crippen LogP contribution in [-0.4, -0.2) is 28.1 Å². The molecule has 0 bridgehead atoms. The second-order valence-electron chi connectivity index (χ2n) is 8.01. The Morgan fingerprint density at radius 1 is 1.13 bits per heavy atom. The summed E-state index contributed by atoms with van der Waals surface area (Å²) < 4.78 is 13.1. The lowest BCUT2D eigenvalue weighted by Crippen LogP contribution is -2.28. The molecule has 8 heteroatoms. The molecule has 4 rings (SSSR count). The van der Waals surface area contributed by atoms with Crippen LogP contribution in [0.3, 0.4) is 0 Å². The van der Waals surface area contributed by atoms with E-state index in [0.29, 0.717) is 21.7 Å². The summed E-state index contributed by atoms with van der Waals surface area (Å²) in [6, 6.07) is 11.1. The van der Waals surface area contributed by atoms with E-state index < -0.39 is 5.66 Å². The molecule has 1 spiro atoms. The summed E-state index contributed by atoms with van der Waals surface area (Å²) in [4.78, 5) is 22.5. The van der Waals surface area contributed by atoms with Gasteiger partial charge in [0.2, 0.25) is 5.91 Å². The molecule has 162 valence electrons. The van der Waals surface area contributed by atoms with Gasteiger partial charge in [-0.3, -0.25) is 9.79 Å². The number of carbonyl (C=O) groups is 1. The highest BCUT2D eigenvalue weighted by Crippen LogP contribution is 2.41. The minimum atomic E-state index is -0.455. The largest absolute Gasteiger partial charge is 0.325 e. The van der Waals surface area contributed by atoms with Crippen molar-refractivity contribution in [3.05, 3.63) is 63.9 Å². The van der Waals surface area contributed by atoms with Crippen LogP contribution in [0.15, 0.2) is 52.4 Å². The van der Waals surface area contributed by atoms with Crippen molar-refractivity contribution in [1.82, 2.24) is 0 Å². The maximum absolute atomic E-state index is 13.1. The van der Waals surface area contributed by atoms with Crippen molar-refractivity contribution in [1.29, 1.82) is 0 Å². The van der Waals surface area contributed by atoms with Gasteiger partial charge in [-0.2, -0.15) is 0 Å². The van der Waals surface area contributed by atoms with E-state index in [1.54, 1.807) is 12.1 Å². The monoisotopic (exact) mass is 477 g/mol. The van der Waals surface area contributed by atoms with Crippen molar-refractivity contribution < 1.29 is 9.18 Å². The van der Waals surface area contributed by atoms with Gasteiger partial charge < -0.3 is 5.32 Å². The summed E-state index contributed by atoms with van der Waals surface area (Å²) in [5.41, 5.74) is 1.70. The number of benzene rings is 2. The molecule has 1 aliphatic carbocycles. The van der Waals surface area contributed by atoms with Gasteiger partial charge in [-0.25, -0.2) is 9.38 Å². The van der Waals surface area contributed by atoms with Gasteiger partial charge in [0.1, 0.15) is 10.9 Å².